The number of carbonyl (C=O) groups is 1. The SMILES string of the molecule is CN(C(=O)CCc1cnn(C)c1)C1CCCN(CCCc2ccccc2)C1. The summed E-state index contributed by atoms with van der Waals surface area (Å²) < 4.78 is 1.79. The molecule has 2 aromatic rings. The van der Waals surface area contributed by atoms with E-state index in [0.29, 0.717) is 12.5 Å². The number of piperidine rings is 1. The van der Waals surface area contributed by atoms with Crippen LogP contribution in [-0.2, 0) is 24.7 Å². The third-order valence-electron chi connectivity index (χ3n) is 5.59. The average molecular weight is 369 g/mol. The van der Waals surface area contributed by atoms with Crippen LogP contribution in [0, 0.1) is 0 Å². The van der Waals surface area contributed by atoms with E-state index in [1.165, 1.54) is 18.4 Å². The molecule has 0 bridgehead atoms. The molecule has 1 aromatic carbocycles. The first-order chi connectivity index (χ1) is 13.1. The van der Waals surface area contributed by atoms with Crippen LogP contribution >= 0.6 is 0 Å². The first-order valence-electron chi connectivity index (χ1n) is 10.1. The Bertz CT molecular complexity index is 712. The molecule has 1 aromatic heterocycles. The quantitative estimate of drug-likeness (QED) is 0.719. The van der Waals surface area contributed by atoms with Crippen molar-refractivity contribution >= 4 is 5.91 Å². The standard InChI is InChI=1S/C22H32N4O/c1-24-17-20(16-23-24)12-13-22(27)25(2)21-11-7-15-26(18-21)14-6-10-19-8-4-3-5-9-19/h3-5,8-9,16-17,21H,6-7,10-15,18H2,1-2H3. The number of likely N-dealkylation sites (tertiary alicyclic amines) is 1. The van der Waals surface area contributed by atoms with Gasteiger partial charge in [-0.3, -0.25) is 9.48 Å². The second kappa shape index (κ2) is 9.70. The Kier molecular flexibility index (Phi) is 7.04. The number of aromatic nitrogens is 2. The van der Waals surface area contributed by atoms with Crippen molar-refractivity contribution in [3.8, 4) is 0 Å². The number of benzene rings is 1. The molecule has 5 nitrogen and oxygen atoms in total. The van der Waals surface area contributed by atoms with Crippen molar-refractivity contribution in [1.29, 1.82) is 0 Å². The van der Waals surface area contributed by atoms with E-state index >= 15 is 0 Å². The van der Waals surface area contributed by atoms with Crippen LogP contribution in [-0.4, -0.2) is 58.2 Å². The molecule has 0 aliphatic carbocycles. The van der Waals surface area contributed by atoms with E-state index in [1.807, 2.05) is 31.4 Å². The molecule has 0 N–H and O–H groups in total. The second-order valence-electron chi connectivity index (χ2n) is 7.71. The number of rotatable bonds is 8. The summed E-state index contributed by atoms with van der Waals surface area (Å²) in [4.78, 5) is 17.1. The molecule has 0 saturated carbocycles. The third-order valence-corrected chi connectivity index (χ3v) is 5.59. The zero-order valence-corrected chi connectivity index (χ0v) is 16.7. The molecule has 146 valence electrons. The minimum absolute atomic E-state index is 0.245. The number of carbonyl (C=O) groups excluding carboxylic acids is 1. The third kappa shape index (κ3) is 5.93. The minimum atomic E-state index is 0.245. The Hall–Kier alpha value is -2.14. The van der Waals surface area contributed by atoms with E-state index in [-0.39, 0.29) is 5.91 Å². The Balaban J connectivity index is 1.41. The lowest BCUT2D eigenvalue weighted by atomic mass is 10.0. The molecule has 27 heavy (non-hydrogen) atoms. The minimum Gasteiger partial charge on any atom is -0.341 e. The first kappa shape index (κ1) is 19.6. The van der Waals surface area contributed by atoms with Crippen LogP contribution in [0.3, 0.4) is 0 Å². The normalized spacial score (nSPS) is 17.8. The summed E-state index contributed by atoms with van der Waals surface area (Å²) in [5.41, 5.74) is 2.54. The van der Waals surface area contributed by atoms with Gasteiger partial charge in [-0.25, -0.2) is 0 Å². The lowest BCUT2D eigenvalue weighted by Gasteiger charge is -2.37. The van der Waals surface area contributed by atoms with Gasteiger partial charge in [0.2, 0.25) is 5.91 Å². The van der Waals surface area contributed by atoms with E-state index < -0.39 is 0 Å². The Morgan fingerprint density at radius 1 is 1.22 bits per heavy atom. The molecule has 0 spiro atoms. The van der Waals surface area contributed by atoms with Gasteiger partial charge in [0.1, 0.15) is 0 Å². The van der Waals surface area contributed by atoms with Crippen LogP contribution in [0.5, 0.6) is 0 Å². The summed E-state index contributed by atoms with van der Waals surface area (Å²) in [6, 6.07) is 11.0. The molecule has 1 saturated heterocycles. The number of aryl methyl sites for hydroxylation is 3. The van der Waals surface area contributed by atoms with Crippen LogP contribution in [0.15, 0.2) is 42.7 Å². The van der Waals surface area contributed by atoms with Crippen LogP contribution in [0.25, 0.3) is 0 Å². The molecule has 1 aliphatic rings. The Morgan fingerprint density at radius 3 is 2.78 bits per heavy atom. The van der Waals surface area contributed by atoms with Gasteiger partial charge in [0.05, 0.1) is 6.20 Å². The average Bonchev–Trinajstić information content (AvgIpc) is 3.12. The first-order valence-corrected chi connectivity index (χ1v) is 10.1. The van der Waals surface area contributed by atoms with Gasteiger partial charge in [-0.1, -0.05) is 30.3 Å². The summed E-state index contributed by atoms with van der Waals surface area (Å²) in [6.45, 7) is 3.27. The van der Waals surface area contributed by atoms with Gasteiger partial charge in [0.15, 0.2) is 0 Å². The maximum Gasteiger partial charge on any atom is 0.222 e. The van der Waals surface area contributed by atoms with Crippen molar-refractivity contribution in [1.82, 2.24) is 19.6 Å². The van der Waals surface area contributed by atoms with Crippen molar-refractivity contribution in [2.24, 2.45) is 7.05 Å². The summed E-state index contributed by atoms with van der Waals surface area (Å²) in [5, 5.41) is 4.17. The summed E-state index contributed by atoms with van der Waals surface area (Å²) in [5.74, 6) is 0.245. The highest BCUT2D eigenvalue weighted by Crippen LogP contribution is 2.17. The van der Waals surface area contributed by atoms with Crippen LogP contribution in [0.1, 0.15) is 36.8 Å². The molecule has 3 rings (SSSR count). The predicted molar refractivity (Wildman–Crippen MR) is 109 cm³/mol. The van der Waals surface area contributed by atoms with Gasteiger partial charge in [-0.2, -0.15) is 5.10 Å². The van der Waals surface area contributed by atoms with Crippen LogP contribution in [0.4, 0.5) is 0 Å². The maximum atomic E-state index is 12.6. The number of amides is 1. The fourth-order valence-corrected chi connectivity index (χ4v) is 3.93. The van der Waals surface area contributed by atoms with Gasteiger partial charge in [-0.15, -0.1) is 0 Å². The molecule has 5 heteroatoms. The highest BCUT2D eigenvalue weighted by molar-refractivity contribution is 5.76. The number of likely N-dealkylation sites (N-methyl/N-ethyl adjacent to an activating group) is 1. The second-order valence-corrected chi connectivity index (χ2v) is 7.71. The molecule has 0 radical (unpaired) electrons. The van der Waals surface area contributed by atoms with Crippen molar-refractivity contribution in [2.75, 3.05) is 26.7 Å². The molecule has 1 fully saturated rings. The van der Waals surface area contributed by atoms with Crippen molar-refractivity contribution < 1.29 is 4.79 Å². The largest absolute Gasteiger partial charge is 0.341 e. The fraction of sp³-hybridized carbons (Fsp3) is 0.545. The molecular weight excluding hydrogens is 336 g/mol. The number of hydrogen-bond acceptors (Lipinski definition) is 3. The van der Waals surface area contributed by atoms with Gasteiger partial charge in [-0.05, 0) is 56.3 Å². The zero-order valence-electron chi connectivity index (χ0n) is 16.7. The van der Waals surface area contributed by atoms with E-state index in [9.17, 15) is 4.79 Å². The van der Waals surface area contributed by atoms with Crippen molar-refractivity contribution in [2.45, 2.75) is 44.6 Å². The highest BCUT2D eigenvalue weighted by Gasteiger charge is 2.25. The highest BCUT2D eigenvalue weighted by atomic mass is 16.2. The summed E-state index contributed by atoms with van der Waals surface area (Å²) >= 11 is 0. The number of hydrogen-bond donors (Lipinski definition) is 0. The predicted octanol–water partition coefficient (Wildman–Crippen LogP) is 2.91. The molecule has 1 aliphatic heterocycles. The molecule has 1 atom stereocenters. The van der Waals surface area contributed by atoms with Gasteiger partial charge in [0, 0.05) is 39.3 Å². The zero-order chi connectivity index (χ0) is 19.1. The van der Waals surface area contributed by atoms with Crippen LogP contribution in [0.2, 0.25) is 0 Å². The topological polar surface area (TPSA) is 41.4 Å². The fourth-order valence-electron chi connectivity index (χ4n) is 3.93. The van der Waals surface area contributed by atoms with E-state index in [0.717, 1.165) is 44.5 Å². The van der Waals surface area contributed by atoms with Gasteiger partial charge >= 0.3 is 0 Å². The summed E-state index contributed by atoms with van der Waals surface area (Å²) in [6.07, 6.45) is 9.76. The Morgan fingerprint density at radius 2 is 2.04 bits per heavy atom. The lowest BCUT2D eigenvalue weighted by molar-refractivity contribution is -0.133. The Labute approximate surface area is 163 Å². The maximum absolute atomic E-state index is 12.6. The van der Waals surface area contributed by atoms with Gasteiger partial charge in [0.25, 0.3) is 0 Å². The molecule has 1 unspecified atom stereocenters. The van der Waals surface area contributed by atoms with E-state index in [4.69, 9.17) is 0 Å². The van der Waals surface area contributed by atoms with Gasteiger partial charge < -0.3 is 9.80 Å². The molecule has 1 amide bonds. The molecular formula is C22H32N4O. The smallest absolute Gasteiger partial charge is 0.222 e. The molecule has 2 heterocycles. The van der Waals surface area contributed by atoms with E-state index in [1.54, 1.807) is 4.68 Å². The van der Waals surface area contributed by atoms with Crippen molar-refractivity contribution in [3.05, 3.63) is 53.9 Å². The van der Waals surface area contributed by atoms with Crippen LogP contribution < -0.4 is 0 Å². The van der Waals surface area contributed by atoms with Crippen molar-refractivity contribution in [3.63, 3.8) is 0 Å². The summed E-state index contributed by atoms with van der Waals surface area (Å²) in [7, 11) is 3.88. The monoisotopic (exact) mass is 368 g/mol. The van der Waals surface area contributed by atoms with E-state index in [2.05, 4.69) is 40.3 Å². The number of nitrogens with zero attached hydrogens (tertiary/aromatic N) is 4. The lowest BCUT2D eigenvalue weighted by Crippen LogP contribution is -2.48.